The van der Waals surface area contributed by atoms with Crippen LogP contribution in [-0.4, -0.2) is 10.0 Å². The predicted octanol–water partition coefficient (Wildman–Crippen LogP) is 3.84. The molecule has 1 N–H and O–H groups in total. The number of nitro groups is 1. The highest BCUT2D eigenvalue weighted by Crippen LogP contribution is 2.36. The zero-order valence-corrected chi connectivity index (χ0v) is 11.4. The number of nitrogens with zero attached hydrogens (tertiary/aromatic N) is 1. The van der Waals surface area contributed by atoms with Crippen molar-refractivity contribution in [1.82, 2.24) is 0 Å². The smallest absolute Gasteiger partial charge is 0.314 e. The number of nitro benzene ring substituents is 1. The van der Waals surface area contributed by atoms with E-state index in [0.29, 0.717) is 21.9 Å². The summed E-state index contributed by atoms with van der Waals surface area (Å²) in [5, 5.41) is 20.8. The molecule has 0 aliphatic heterocycles. The third-order valence-electron chi connectivity index (χ3n) is 2.80. The Labute approximate surface area is 120 Å². The topological polar surface area (TPSA) is 72.6 Å². The van der Waals surface area contributed by atoms with Crippen LogP contribution in [-0.2, 0) is 6.61 Å². The van der Waals surface area contributed by atoms with E-state index in [0.717, 1.165) is 0 Å². The van der Waals surface area contributed by atoms with E-state index < -0.39 is 4.92 Å². The first-order valence-corrected chi connectivity index (χ1v) is 6.22. The summed E-state index contributed by atoms with van der Waals surface area (Å²) in [5.74, 6) is 0.417. The molecule has 5 nitrogen and oxygen atoms in total. The Bertz CT molecular complexity index is 658. The molecular weight excluding hydrogens is 282 g/mol. The van der Waals surface area contributed by atoms with Gasteiger partial charge < -0.3 is 9.84 Å². The third-order valence-corrected chi connectivity index (χ3v) is 3.04. The average molecular weight is 294 g/mol. The maximum atomic E-state index is 11.1. The van der Waals surface area contributed by atoms with Crippen LogP contribution in [0.3, 0.4) is 0 Å². The highest BCUT2D eigenvalue weighted by atomic mass is 35.5. The molecule has 0 saturated carbocycles. The summed E-state index contributed by atoms with van der Waals surface area (Å²) < 4.78 is 5.57. The van der Waals surface area contributed by atoms with Crippen LogP contribution in [0, 0.1) is 17.0 Å². The fourth-order valence-corrected chi connectivity index (χ4v) is 1.98. The van der Waals surface area contributed by atoms with E-state index >= 15 is 0 Å². The first-order valence-electron chi connectivity index (χ1n) is 5.84. The predicted molar refractivity (Wildman–Crippen MR) is 75.3 cm³/mol. The van der Waals surface area contributed by atoms with E-state index in [1.807, 2.05) is 0 Å². The summed E-state index contributed by atoms with van der Waals surface area (Å²) in [6.45, 7) is 1.39. The van der Waals surface area contributed by atoms with E-state index in [2.05, 4.69) is 0 Å². The van der Waals surface area contributed by atoms with Gasteiger partial charge in [0.05, 0.1) is 11.5 Å². The minimum Gasteiger partial charge on any atom is -0.450 e. The van der Waals surface area contributed by atoms with Crippen molar-refractivity contribution in [1.29, 1.82) is 0 Å². The Balaban J connectivity index is 2.48. The second-order valence-corrected chi connectivity index (χ2v) is 4.63. The van der Waals surface area contributed by atoms with Crippen LogP contribution in [0.15, 0.2) is 36.4 Å². The minimum absolute atomic E-state index is 0.101. The summed E-state index contributed by atoms with van der Waals surface area (Å²) >= 11 is 5.88. The summed E-state index contributed by atoms with van der Waals surface area (Å²) in [6.07, 6.45) is 0. The Morgan fingerprint density at radius 1 is 1.30 bits per heavy atom. The average Bonchev–Trinajstić information content (AvgIpc) is 2.38. The molecule has 0 unspecified atom stereocenters. The quantitative estimate of drug-likeness (QED) is 0.686. The third kappa shape index (κ3) is 2.89. The number of halogens is 1. The van der Waals surface area contributed by atoms with Crippen molar-refractivity contribution in [3.63, 3.8) is 0 Å². The molecule has 6 heteroatoms. The van der Waals surface area contributed by atoms with Crippen molar-refractivity contribution in [3.8, 4) is 11.5 Å². The monoisotopic (exact) mass is 293 g/mol. The van der Waals surface area contributed by atoms with E-state index in [9.17, 15) is 15.2 Å². The number of rotatable bonds is 4. The van der Waals surface area contributed by atoms with Crippen molar-refractivity contribution in [3.05, 3.63) is 62.7 Å². The second kappa shape index (κ2) is 5.90. The zero-order chi connectivity index (χ0) is 14.7. The molecule has 0 aliphatic carbocycles. The molecule has 0 aromatic heterocycles. The summed E-state index contributed by atoms with van der Waals surface area (Å²) in [7, 11) is 0. The number of ether oxygens (including phenoxy) is 1. The van der Waals surface area contributed by atoms with Gasteiger partial charge in [0.2, 0.25) is 5.75 Å². The Kier molecular flexibility index (Phi) is 4.22. The molecule has 0 saturated heterocycles. The van der Waals surface area contributed by atoms with Gasteiger partial charge in [-0.25, -0.2) is 0 Å². The van der Waals surface area contributed by atoms with Crippen molar-refractivity contribution in [2.75, 3.05) is 0 Å². The van der Waals surface area contributed by atoms with Crippen LogP contribution >= 0.6 is 11.6 Å². The molecule has 0 spiro atoms. The SMILES string of the molecule is Cc1cccc(Oc2cc(Cl)ccc2CO)c1[N+](=O)[O-]. The molecule has 2 aromatic rings. The van der Waals surface area contributed by atoms with Crippen LogP contribution < -0.4 is 4.74 Å². The number of aliphatic hydroxyl groups is 1. The Hall–Kier alpha value is -2.11. The van der Waals surface area contributed by atoms with E-state index in [-0.39, 0.29) is 18.0 Å². The number of aryl methyl sites for hydroxylation is 1. The second-order valence-electron chi connectivity index (χ2n) is 4.19. The molecule has 20 heavy (non-hydrogen) atoms. The number of hydrogen-bond acceptors (Lipinski definition) is 4. The number of aliphatic hydroxyl groups excluding tert-OH is 1. The van der Waals surface area contributed by atoms with Gasteiger partial charge in [-0.05, 0) is 25.1 Å². The summed E-state index contributed by atoms with van der Waals surface area (Å²) in [6, 6.07) is 9.55. The van der Waals surface area contributed by atoms with Gasteiger partial charge >= 0.3 is 5.69 Å². The summed E-state index contributed by atoms with van der Waals surface area (Å²) in [4.78, 5) is 10.6. The van der Waals surface area contributed by atoms with Gasteiger partial charge in [0, 0.05) is 16.1 Å². The van der Waals surface area contributed by atoms with Crippen molar-refractivity contribution in [2.45, 2.75) is 13.5 Å². The molecule has 0 aliphatic rings. The number of para-hydroxylation sites is 1. The van der Waals surface area contributed by atoms with Gasteiger partial charge in [-0.1, -0.05) is 29.8 Å². The fourth-order valence-electron chi connectivity index (χ4n) is 1.82. The number of hydrogen-bond donors (Lipinski definition) is 1. The molecule has 2 rings (SSSR count). The van der Waals surface area contributed by atoms with Gasteiger partial charge in [0.15, 0.2) is 0 Å². The van der Waals surface area contributed by atoms with E-state index in [4.69, 9.17) is 16.3 Å². The van der Waals surface area contributed by atoms with Gasteiger partial charge in [-0.15, -0.1) is 0 Å². The first-order chi connectivity index (χ1) is 9.52. The number of benzene rings is 2. The molecule has 0 heterocycles. The lowest BCUT2D eigenvalue weighted by Gasteiger charge is -2.11. The van der Waals surface area contributed by atoms with Gasteiger partial charge in [-0.3, -0.25) is 10.1 Å². The van der Waals surface area contributed by atoms with Crippen molar-refractivity contribution >= 4 is 17.3 Å². The van der Waals surface area contributed by atoms with Crippen molar-refractivity contribution in [2.24, 2.45) is 0 Å². The normalized spacial score (nSPS) is 10.3. The van der Waals surface area contributed by atoms with Gasteiger partial charge in [-0.2, -0.15) is 0 Å². The lowest BCUT2D eigenvalue weighted by Crippen LogP contribution is -1.98. The van der Waals surface area contributed by atoms with Crippen LogP contribution in [0.4, 0.5) is 5.69 Å². The maximum Gasteiger partial charge on any atom is 0.314 e. The molecule has 2 aromatic carbocycles. The standard InChI is InChI=1S/C14H12ClNO4/c1-9-3-2-4-12(14(9)16(18)19)20-13-7-11(15)6-5-10(13)8-17/h2-7,17H,8H2,1H3. The van der Waals surface area contributed by atoms with Crippen LogP contribution in [0.1, 0.15) is 11.1 Å². The van der Waals surface area contributed by atoms with Crippen LogP contribution in [0.2, 0.25) is 5.02 Å². The zero-order valence-electron chi connectivity index (χ0n) is 10.7. The molecular formula is C14H12ClNO4. The molecule has 0 radical (unpaired) electrons. The molecule has 0 fully saturated rings. The van der Waals surface area contributed by atoms with Crippen LogP contribution in [0.5, 0.6) is 11.5 Å². The van der Waals surface area contributed by atoms with E-state index in [1.54, 1.807) is 31.2 Å². The lowest BCUT2D eigenvalue weighted by molar-refractivity contribution is -0.386. The largest absolute Gasteiger partial charge is 0.450 e. The highest BCUT2D eigenvalue weighted by molar-refractivity contribution is 6.30. The van der Waals surface area contributed by atoms with Crippen molar-refractivity contribution < 1.29 is 14.8 Å². The molecule has 104 valence electrons. The summed E-state index contributed by atoms with van der Waals surface area (Å²) in [5.41, 5.74) is 0.904. The molecule has 0 bridgehead atoms. The lowest BCUT2D eigenvalue weighted by atomic mass is 10.2. The maximum absolute atomic E-state index is 11.1. The highest BCUT2D eigenvalue weighted by Gasteiger charge is 2.19. The van der Waals surface area contributed by atoms with Gasteiger partial charge in [0.25, 0.3) is 0 Å². The fraction of sp³-hybridized carbons (Fsp3) is 0.143. The Morgan fingerprint density at radius 2 is 2.05 bits per heavy atom. The first kappa shape index (κ1) is 14.3. The van der Waals surface area contributed by atoms with Gasteiger partial charge in [0.1, 0.15) is 5.75 Å². The Morgan fingerprint density at radius 3 is 2.70 bits per heavy atom. The van der Waals surface area contributed by atoms with E-state index in [1.165, 1.54) is 12.1 Å². The minimum atomic E-state index is -0.492. The molecule has 0 atom stereocenters. The molecule has 0 amide bonds. The van der Waals surface area contributed by atoms with Crippen LogP contribution in [0.25, 0.3) is 0 Å².